The summed E-state index contributed by atoms with van der Waals surface area (Å²) in [5.41, 5.74) is 4.20. The predicted molar refractivity (Wildman–Crippen MR) is 104 cm³/mol. The number of hydrogen-bond donors (Lipinski definition) is 2. The van der Waals surface area contributed by atoms with Gasteiger partial charge in [0.25, 0.3) is 0 Å². The number of carbonyl (C=O) groups excluding carboxylic acids is 1. The molecule has 2 aliphatic rings. The Labute approximate surface area is 158 Å². The number of allylic oxidation sites excluding steroid dienone is 1. The Bertz CT molecular complexity index is 758. The Morgan fingerprint density at radius 1 is 1.42 bits per heavy atom. The molecule has 2 heterocycles. The van der Waals surface area contributed by atoms with E-state index < -0.39 is 6.09 Å². The molecule has 1 aromatic rings. The fourth-order valence-electron chi connectivity index (χ4n) is 2.76. The third-order valence-corrected chi connectivity index (χ3v) is 5.10. The van der Waals surface area contributed by atoms with Gasteiger partial charge in [-0.3, -0.25) is 5.43 Å². The average Bonchev–Trinajstić information content (AvgIpc) is 3.05. The van der Waals surface area contributed by atoms with Gasteiger partial charge in [-0.1, -0.05) is 43.8 Å². The second-order valence-electron chi connectivity index (χ2n) is 6.28. The first-order chi connectivity index (χ1) is 12.6. The summed E-state index contributed by atoms with van der Waals surface area (Å²) < 4.78 is 4.93. The lowest BCUT2D eigenvalue weighted by molar-refractivity contribution is 0.151. The normalized spacial score (nSPS) is 18.2. The van der Waals surface area contributed by atoms with Gasteiger partial charge in [-0.05, 0) is 30.7 Å². The number of nitrogens with one attached hydrogen (secondary N) is 2. The zero-order chi connectivity index (χ0) is 18.5. The summed E-state index contributed by atoms with van der Waals surface area (Å²) in [6.45, 7) is 6.87. The topological polar surface area (TPSA) is 66.0 Å². The summed E-state index contributed by atoms with van der Waals surface area (Å²) in [6, 6.07) is 8.06. The van der Waals surface area contributed by atoms with Crippen molar-refractivity contribution in [1.29, 1.82) is 0 Å². The number of amides is 1. The van der Waals surface area contributed by atoms with E-state index in [9.17, 15) is 4.79 Å². The molecule has 0 radical (unpaired) electrons. The highest BCUT2D eigenvalue weighted by Gasteiger charge is 2.28. The third kappa shape index (κ3) is 4.22. The van der Waals surface area contributed by atoms with Crippen molar-refractivity contribution in [1.82, 2.24) is 15.6 Å². The average molecular weight is 372 g/mol. The summed E-state index contributed by atoms with van der Waals surface area (Å²) >= 11 is 1.68. The van der Waals surface area contributed by atoms with E-state index in [1.54, 1.807) is 18.7 Å². The van der Waals surface area contributed by atoms with Gasteiger partial charge in [0.05, 0.1) is 6.61 Å². The van der Waals surface area contributed by atoms with Gasteiger partial charge in [-0.2, -0.15) is 5.10 Å². The van der Waals surface area contributed by atoms with E-state index in [0.717, 1.165) is 21.2 Å². The number of fused-ring (bicyclic) bond motifs is 1. The van der Waals surface area contributed by atoms with Crippen molar-refractivity contribution in [3.05, 3.63) is 53.1 Å². The minimum Gasteiger partial charge on any atom is -0.450 e. The van der Waals surface area contributed by atoms with Crippen molar-refractivity contribution in [2.75, 3.05) is 6.61 Å². The van der Waals surface area contributed by atoms with Gasteiger partial charge < -0.3 is 15.0 Å². The van der Waals surface area contributed by atoms with Crippen LogP contribution in [-0.4, -0.2) is 29.6 Å². The van der Waals surface area contributed by atoms with Crippen LogP contribution in [-0.2, 0) is 11.3 Å². The zero-order valence-corrected chi connectivity index (χ0v) is 16.0. The van der Waals surface area contributed by atoms with Crippen LogP contribution in [0.4, 0.5) is 4.79 Å². The van der Waals surface area contributed by atoms with Crippen LogP contribution in [0.5, 0.6) is 0 Å². The Kier molecular flexibility index (Phi) is 5.88. The molecule has 1 amide bonds. The molecular weight excluding hydrogens is 348 g/mol. The van der Waals surface area contributed by atoms with E-state index in [-0.39, 0.29) is 6.17 Å². The highest BCUT2D eigenvalue weighted by atomic mass is 32.2. The number of benzene rings is 1. The Balaban J connectivity index is 1.71. The van der Waals surface area contributed by atoms with E-state index >= 15 is 0 Å². The lowest BCUT2D eigenvalue weighted by atomic mass is 10.1. The minimum absolute atomic E-state index is 0.0949. The smallest absolute Gasteiger partial charge is 0.407 e. The number of alkyl carbamates (subject to hydrolysis) is 1. The van der Waals surface area contributed by atoms with Crippen LogP contribution in [0.3, 0.4) is 0 Å². The highest BCUT2D eigenvalue weighted by Crippen LogP contribution is 2.33. The molecule has 2 aliphatic heterocycles. The summed E-state index contributed by atoms with van der Waals surface area (Å²) in [7, 11) is 0. The van der Waals surface area contributed by atoms with Crippen LogP contribution >= 0.6 is 11.8 Å². The molecule has 2 N–H and O–H groups in total. The molecule has 138 valence electrons. The van der Waals surface area contributed by atoms with Gasteiger partial charge in [0, 0.05) is 28.5 Å². The molecule has 7 heteroatoms. The minimum atomic E-state index is -0.396. The maximum absolute atomic E-state index is 11.6. The summed E-state index contributed by atoms with van der Waals surface area (Å²) in [4.78, 5) is 16.0. The third-order valence-electron chi connectivity index (χ3n) is 4.00. The molecule has 1 unspecified atom stereocenters. The predicted octanol–water partition coefficient (Wildman–Crippen LogP) is 3.64. The molecule has 0 aromatic heterocycles. The molecule has 3 rings (SSSR count). The van der Waals surface area contributed by atoms with Gasteiger partial charge in [0.1, 0.15) is 12.0 Å². The SMILES string of the molecule is CCOC(=O)NCc1ccccc1SC1=CN2C(C(C)C)=NNC2C=C1. The van der Waals surface area contributed by atoms with Gasteiger partial charge >= 0.3 is 6.09 Å². The first-order valence-electron chi connectivity index (χ1n) is 8.76. The van der Waals surface area contributed by atoms with E-state index in [4.69, 9.17) is 4.74 Å². The monoisotopic (exact) mass is 372 g/mol. The molecular formula is C19H24N4O2S. The highest BCUT2D eigenvalue weighted by molar-refractivity contribution is 8.03. The molecule has 6 nitrogen and oxygen atoms in total. The van der Waals surface area contributed by atoms with E-state index in [1.165, 1.54) is 0 Å². The van der Waals surface area contributed by atoms with Crippen molar-refractivity contribution in [3.63, 3.8) is 0 Å². The number of amidine groups is 1. The molecule has 0 saturated heterocycles. The number of rotatable bonds is 6. The van der Waals surface area contributed by atoms with Crippen LogP contribution in [0.1, 0.15) is 26.3 Å². The van der Waals surface area contributed by atoms with Crippen molar-refractivity contribution >= 4 is 23.7 Å². The first kappa shape index (κ1) is 18.4. The van der Waals surface area contributed by atoms with Crippen LogP contribution < -0.4 is 10.7 Å². The maximum Gasteiger partial charge on any atom is 0.407 e. The summed E-state index contributed by atoms with van der Waals surface area (Å²) in [6.07, 6.45) is 6.04. The van der Waals surface area contributed by atoms with Gasteiger partial charge in [-0.25, -0.2) is 4.79 Å². The molecule has 0 spiro atoms. The number of carbonyl (C=O) groups is 1. The van der Waals surface area contributed by atoms with Crippen LogP contribution in [0, 0.1) is 5.92 Å². The standard InChI is InChI=1S/C19H24N4O2S/c1-4-25-19(24)20-11-14-7-5-6-8-16(14)26-15-9-10-17-21-22-18(13(2)3)23(17)12-15/h5-10,12-13,17,21H,4,11H2,1-3H3,(H,20,24). The van der Waals surface area contributed by atoms with Gasteiger partial charge in [0.15, 0.2) is 0 Å². The number of hydrogen-bond acceptors (Lipinski definition) is 6. The Morgan fingerprint density at radius 3 is 3.00 bits per heavy atom. The Morgan fingerprint density at radius 2 is 2.23 bits per heavy atom. The lowest BCUT2D eigenvalue weighted by Gasteiger charge is -2.26. The first-order valence-corrected chi connectivity index (χ1v) is 9.58. The van der Waals surface area contributed by atoms with Crippen LogP contribution in [0.25, 0.3) is 0 Å². The second-order valence-corrected chi connectivity index (χ2v) is 7.40. The second kappa shape index (κ2) is 8.31. The van der Waals surface area contributed by atoms with Gasteiger partial charge in [0.2, 0.25) is 0 Å². The largest absolute Gasteiger partial charge is 0.450 e. The number of ether oxygens (including phenoxy) is 1. The van der Waals surface area contributed by atoms with E-state index in [2.05, 4.69) is 59.0 Å². The Hall–Kier alpha value is -2.41. The maximum atomic E-state index is 11.6. The van der Waals surface area contributed by atoms with Crippen molar-refractivity contribution < 1.29 is 9.53 Å². The van der Waals surface area contributed by atoms with Crippen molar-refractivity contribution in [2.45, 2.75) is 38.4 Å². The van der Waals surface area contributed by atoms with Crippen molar-refractivity contribution in [3.8, 4) is 0 Å². The molecule has 0 bridgehead atoms. The summed E-state index contributed by atoms with van der Waals surface area (Å²) in [5.74, 6) is 1.39. The number of nitrogens with zero attached hydrogens (tertiary/aromatic N) is 2. The quantitative estimate of drug-likeness (QED) is 0.798. The fraction of sp³-hybridized carbons (Fsp3) is 0.368. The van der Waals surface area contributed by atoms with E-state index in [1.807, 2.05) is 18.2 Å². The summed E-state index contributed by atoms with van der Waals surface area (Å²) in [5, 5.41) is 7.22. The molecule has 0 aliphatic carbocycles. The number of thioether (sulfide) groups is 1. The molecule has 0 fully saturated rings. The zero-order valence-electron chi connectivity index (χ0n) is 15.2. The van der Waals surface area contributed by atoms with E-state index in [0.29, 0.717) is 19.1 Å². The molecule has 1 aromatic carbocycles. The molecule has 26 heavy (non-hydrogen) atoms. The molecule has 1 atom stereocenters. The molecule has 0 saturated carbocycles. The van der Waals surface area contributed by atoms with Crippen LogP contribution in [0.2, 0.25) is 0 Å². The van der Waals surface area contributed by atoms with Crippen LogP contribution in [0.15, 0.2) is 57.5 Å². The number of hydrazone groups is 1. The fourth-order valence-corrected chi connectivity index (χ4v) is 3.74. The lowest BCUT2D eigenvalue weighted by Crippen LogP contribution is -2.37. The van der Waals surface area contributed by atoms with Gasteiger partial charge in [-0.15, -0.1) is 0 Å². The van der Waals surface area contributed by atoms with Crippen molar-refractivity contribution in [2.24, 2.45) is 11.0 Å².